The van der Waals surface area contributed by atoms with Crippen LogP contribution in [-0.4, -0.2) is 27.5 Å². The Morgan fingerprint density at radius 2 is 1.97 bits per heavy atom. The number of carbonyl (C=O) groups excluding carboxylic acids is 2. The van der Waals surface area contributed by atoms with E-state index < -0.39 is 18.0 Å². The van der Waals surface area contributed by atoms with E-state index >= 15 is 0 Å². The van der Waals surface area contributed by atoms with Crippen LogP contribution in [0, 0.1) is 0 Å². The maximum absolute atomic E-state index is 12.4. The van der Waals surface area contributed by atoms with E-state index in [2.05, 4.69) is 10.3 Å². The third kappa shape index (κ3) is 5.13. The van der Waals surface area contributed by atoms with Crippen LogP contribution >= 0.6 is 23.2 Å². The van der Waals surface area contributed by atoms with Crippen molar-refractivity contribution in [3.05, 3.63) is 69.2 Å². The number of benzene rings is 2. The average Bonchev–Trinajstić information content (AvgIpc) is 2.69. The second-order valence-electron chi connectivity index (χ2n) is 6.26. The maximum Gasteiger partial charge on any atom is 0.308 e. The van der Waals surface area contributed by atoms with Crippen molar-refractivity contribution in [3.63, 3.8) is 0 Å². The van der Waals surface area contributed by atoms with Gasteiger partial charge in [0.25, 0.3) is 11.5 Å². The molecule has 1 N–H and O–H groups in total. The highest BCUT2D eigenvalue weighted by molar-refractivity contribution is 6.36. The van der Waals surface area contributed by atoms with Gasteiger partial charge in [-0.25, -0.2) is 4.98 Å². The number of aromatic nitrogens is 2. The number of halogens is 2. The number of fused-ring (bicyclic) bond motifs is 1. The summed E-state index contributed by atoms with van der Waals surface area (Å²) in [7, 11) is 0. The molecule has 1 aromatic heterocycles. The molecule has 1 atom stereocenters. The molecular weight excluding hydrogens is 417 g/mol. The monoisotopic (exact) mass is 433 g/mol. The zero-order chi connectivity index (χ0) is 21.0. The topological polar surface area (TPSA) is 90.3 Å². The molecule has 0 spiro atoms. The smallest absolute Gasteiger partial charge is 0.308 e. The van der Waals surface area contributed by atoms with E-state index in [-0.39, 0.29) is 23.5 Å². The van der Waals surface area contributed by atoms with Crippen molar-refractivity contribution >= 4 is 51.7 Å². The number of carbonyl (C=O) groups is 2. The third-order valence-corrected chi connectivity index (χ3v) is 4.70. The van der Waals surface area contributed by atoms with E-state index in [4.69, 9.17) is 27.9 Å². The first kappa shape index (κ1) is 20.8. The van der Waals surface area contributed by atoms with E-state index in [0.29, 0.717) is 21.6 Å². The number of hydrogen-bond donors (Lipinski definition) is 1. The van der Waals surface area contributed by atoms with Crippen molar-refractivity contribution in [1.82, 2.24) is 9.55 Å². The fraction of sp³-hybridized carbons (Fsp3) is 0.200. The normalized spacial score (nSPS) is 11.8. The molecule has 0 aliphatic heterocycles. The molecule has 0 saturated heterocycles. The molecule has 9 heteroatoms. The lowest BCUT2D eigenvalue weighted by molar-refractivity contribution is -0.153. The highest BCUT2D eigenvalue weighted by Crippen LogP contribution is 2.25. The fourth-order valence-corrected chi connectivity index (χ4v) is 3.07. The SMILES string of the molecule is CC(OC(=O)CCn1cnc2ccccc2c1=O)C(=O)Nc1ccc(Cl)cc1Cl. The van der Waals surface area contributed by atoms with E-state index in [1.54, 1.807) is 36.4 Å². The summed E-state index contributed by atoms with van der Waals surface area (Å²) in [6, 6.07) is 11.6. The second kappa shape index (κ2) is 9.07. The van der Waals surface area contributed by atoms with Gasteiger partial charge in [-0.1, -0.05) is 35.3 Å². The first-order chi connectivity index (χ1) is 13.8. The van der Waals surface area contributed by atoms with Gasteiger partial charge in [-0.2, -0.15) is 0 Å². The van der Waals surface area contributed by atoms with Gasteiger partial charge in [0.05, 0.1) is 34.4 Å². The number of nitrogens with one attached hydrogen (secondary N) is 1. The number of rotatable bonds is 6. The van der Waals surface area contributed by atoms with Gasteiger partial charge in [-0.3, -0.25) is 19.0 Å². The van der Waals surface area contributed by atoms with Gasteiger partial charge in [0.1, 0.15) is 0 Å². The van der Waals surface area contributed by atoms with Crippen molar-refractivity contribution in [1.29, 1.82) is 0 Å². The number of anilines is 1. The standard InChI is InChI=1S/C20H17Cl2N3O4/c1-12(19(27)24-17-7-6-13(21)10-15(17)22)29-18(26)8-9-25-11-23-16-5-3-2-4-14(16)20(25)28/h2-7,10-12H,8-9H2,1H3,(H,24,27). The Hall–Kier alpha value is -2.90. The number of hydrogen-bond acceptors (Lipinski definition) is 5. The maximum atomic E-state index is 12.4. The number of nitrogens with zero attached hydrogens (tertiary/aromatic N) is 2. The van der Waals surface area contributed by atoms with Crippen LogP contribution in [0.5, 0.6) is 0 Å². The lowest BCUT2D eigenvalue weighted by Crippen LogP contribution is -2.31. The zero-order valence-electron chi connectivity index (χ0n) is 15.4. The van der Waals surface area contributed by atoms with Gasteiger partial charge in [0, 0.05) is 11.6 Å². The molecule has 3 aromatic rings. The molecule has 1 heterocycles. The van der Waals surface area contributed by atoms with Gasteiger partial charge in [0.15, 0.2) is 6.10 Å². The number of amides is 1. The van der Waals surface area contributed by atoms with Crippen LogP contribution in [-0.2, 0) is 20.9 Å². The van der Waals surface area contributed by atoms with Crippen molar-refractivity contribution in [2.45, 2.75) is 26.0 Å². The summed E-state index contributed by atoms with van der Waals surface area (Å²) >= 11 is 11.8. The molecule has 1 amide bonds. The molecule has 2 aromatic carbocycles. The Bertz CT molecular complexity index is 1130. The van der Waals surface area contributed by atoms with E-state index in [1.165, 1.54) is 23.9 Å². The van der Waals surface area contributed by atoms with Crippen molar-refractivity contribution in [2.24, 2.45) is 0 Å². The lowest BCUT2D eigenvalue weighted by atomic mass is 10.2. The first-order valence-electron chi connectivity index (χ1n) is 8.74. The third-order valence-electron chi connectivity index (χ3n) is 4.15. The number of para-hydroxylation sites is 1. The van der Waals surface area contributed by atoms with Gasteiger partial charge >= 0.3 is 5.97 Å². The molecule has 0 bridgehead atoms. The largest absolute Gasteiger partial charge is 0.452 e. The average molecular weight is 434 g/mol. The molecule has 3 rings (SSSR count). The molecule has 0 aliphatic carbocycles. The summed E-state index contributed by atoms with van der Waals surface area (Å²) in [6.45, 7) is 1.54. The van der Waals surface area contributed by atoms with Crippen LogP contribution in [0.1, 0.15) is 13.3 Å². The molecular formula is C20H17Cl2N3O4. The van der Waals surface area contributed by atoms with Gasteiger partial charge in [-0.05, 0) is 37.3 Å². The zero-order valence-corrected chi connectivity index (χ0v) is 16.9. The van der Waals surface area contributed by atoms with Crippen molar-refractivity contribution in [3.8, 4) is 0 Å². The number of aryl methyl sites for hydroxylation is 1. The quantitative estimate of drug-likeness (QED) is 0.598. The molecule has 0 fully saturated rings. The Labute approximate surface area is 176 Å². The van der Waals surface area contributed by atoms with Crippen LogP contribution in [0.4, 0.5) is 5.69 Å². The van der Waals surface area contributed by atoms with Gasteiger partial charge < -0.3 is 10.1 Å². The summed E-state index contributed by atoms with van der Waals surface area (Å²) in [6.07, 6.45) is 0.260. The van der Waals surface area contributed by atoms with E-state index in [9.17, 15) is 14.4 Å². The Morgan fingerprint density at radius 3 is 2.72 bits per heavy atom. The lowest BCUT2D eigenvalue weighted by Gasteiger charge is -2.14. The summed E-state index contributed by atoms with van der Waals surface area (Å²) < 4.78 is 6.48. The molecule has 1 unspecified atom stereocenters. The van der Waals surface area contributed by atoms with Crippen LogP contribution in [0.25, 0.3) is 10.9 Å². The molecule has 7 nitrogen and oxygen atoms in total. The van der Waals surface area contributed by atoms with Crippen molar-refractivity contribution in [2.75, 3.05) is 5.32 Å². The van der Waals surface area contributed by atoms with E-state index in [0.717, 1.165) is 0 Å². The predicted octanol–water partition coefficient (Wildman–Crippen LogP) is 3.66. The summed E-state index contributed by atoms with van der Waals surface area (Å²) in [4.78, 5) is 40.9. The highest BCUT2D eigenvalue weighted by Gasteiger charge is 2.19. The highest BCUT2D eigenvalue weighted by atomic mass is 35.5. The van der Waals surface area contributed by atoms with Crippen LogP contribution in [0.3, 0.4) is 0 Å². The molecule has 0 radical (unpaired) electrons. The minimum Gasteiger partial charge on any atom is -0.452 e. The first-order valence-corrected chi connectivity index (χ1v) is 9.50. The number of esters is 1. The summed E-state index contributed by atoms with van der Waals surface area (Å²) in [5.74, 6) is -1.15. The molecule has 150 valence electrons. The Morgan fingerprint density at radius 1 is 1.21 bits per heavy atom. The summed E-state index contributed by atoms with van der Waals surface area (Å²) in [5.41, 5.74) is 0.701. The van der Waals surface area contributed by atoms with Gasteiger partial charge in [0.2, 0.25) is 0 Å². The molecule has 0 aliphatic rings. The minimum atomic E-state index is -1.04. The van der Waals surface area contributed by atoms with Gasteiger partial charge in [-0.15, -0.1) is 0 Å². The van der Waals surface area contributed by atoms with Crippen LogP contribution in [0.2, 0.25) is 10.0 Å². The summed E-state index contributed by atoms with van der Waals surface area (Å²) in [5, 5.41) is 3.75. The van der Waals surface area contributed by atoms with Crippen LogP contribution in [0.15, 0.2) is 53.6 Å². The van der Waals surface area contributed by atoms with E-state index in [1.807, 2.05) is 0 Å². The molecule has 0 saturated carbocycles. The van der Waals surface area contributed by atoms with Crippen molar-refractivity contribution < 1.29 is 14.3 Å². The second-order valence-corrected chi connectivity index (χ2v) is 7.10. The molecule has 29 heavy (non-hydrogen) atoms. The predicted molar refractivity (Wildman–Crippen MR) is 111 cm³/mol. The van der Waals surface area contributed by atoms with Crippen LogP contribution < -0.4 is 10.9 Å². The number of ether oxygens (including phenoxy) is 1. The Balaban J connectivity index is 1.57. The Kier molecular flexibility index (Phi) is 6.51. The fourth-order valence-electron chi connectivity index (χ4n) is 2.61. The minimum absolute atomic E-state index is 0.0841.